The molecule has 0 aromatic heterocycles. The number of nitrogens with one attached hydrogen (secondary N) is 2. The van der Waals surface area contributed by atoms with Crippen LogP contribution in [0.25, 0.3) is 5.70 Å². The van der Waals surface area contributed by atoms with Crippen molar-refractivity contribution in [1.82, 2.24) is 0 Å². The van der Waals surface area contributed by atoms with Crippen molar-refractivity contribution >= 4 is 45.8 Å². The summed E-state index contributed by atoms with van der Waals surface area (Å²) in [6.07, 6.45) is 4.93. The Labute approximate surface area is 290 Å². The fourth-order valence-electron chi connectivity index (χ4n) is 6.86. The Hall–Kier alpha value is -5.23. The molecule has 0 amide bonds. The molecule has 0 bridgehead atoms. The van der Waals surface area contributed by atoms with E-state index in [-0.39, 0.29) is 12.1 Å². The lowest BCUT2D eigenvalue weighted by molar-refractivity contribution is -0.150. The molecule has 4 aromatic carbocycles. The summed E-state index contributed by atoms with van der Waals surface area (Å²) < 4.78 is 6.56. The maximum absolute atomic E-state index is 14.7. The number of rotatable bonds is 5. The van der Waals surface area contributed by atoms with Gasteiger partial charge in [-0.3, -0.25) is 4.99 Å². The summed E-state index contributed by atoms with van der Waals surface area (Å²) in [5, 5.41) is 7.23. The number of para-hydroxylation sites is 4. The summed E-state index contributed by atoms with van der Waals surface area (Å²) in [5.74, 6) is 0.820. The van der Waals surface area contributed by atoms with Crippen molar-refractivity contribution in [3.8, 4) is 0 Å². The zero-order valence-electron chi connectivity index (χ0n) is 29.1. The van der Waals surface area contributed by atoms with E-state index in [0.29, 0.717) is 40.4 Å². The Bertz CT molecular complexity index is 1910. The van der Waals surface area contributed by atoms with Crippen LogP contribution in [0.1, 0.15) is 65.0 Å². The minimum absolute atomic E-state index is 0.172. The number of allylic oxidation sites excluding steroid dienone is 2. The van der Waals surface area contributed by atoms with Crippen molar-refractivity contribution < 1.29 is 9.53 Å². The van der Waals surface area contributed by atoms with Gasteiger partial charge < -0.3 is 15.4 Å². The van der Waals surface area contributed by atoms with Crippen molar-refractivity contribution in [3.63, 3.8) is 0 Å². The molecule has 49 heavy (non-hydrogen) atoms. The number of carbonyl (C=O) groups excluding carboxylic acids is 1. The molecule has 4 aromatic rings. The molecule has 250 valence electrons. The molecule has 1 heterocycles. The first-order chi connectivity index (χ1) is 23.8. The van der Waals surface area contributed by atoms with E-state index in [1.165, 1.54) is 0 Å². The Balaban J connectivity index is 1.59. The van der Waals surface area contributed by atoms with Gasteiger partial charge in [0.1, 0.15) is 11.7 Å². The molecule has 0 spiro atoms. The molecule has 6 nitrogen and oxygen atoms in total. The van der Waals surface area contributed by atoms with Gasteiger partial charge in [-0.1, -0.05) is 112 Å². The van der Waals surface area contributed by atoms with Gasteiger partial charge in [-0.25, -0.2) is 9.79 Å². The highest BCUT2D eigenvalue weighted by molar-refractivity contribution is 6.25. The van der Waals surface area contributed by atoms with E-state index in [0.717, 1.165) is 58.9 Å². The standard InChI is InChI=1S/C43H46N4O2/c1-28(2)34-25-24-29(3)26-40(34)49-43(48)41-31(5)45-36-21-13-12-20-35(36)44-30(4)27-39(32-16-8-6-9-17-32)46-37-22-14-15-23-38(37)47-42(41)33-18-10-7-11-19-33/h6-23,27-29,34,40,44,47H,24-26H2,1-5H3/b30-27+,42-41-,45-31?,46-39?/t29-,34+,40-/m1/s1. The zero-order valence-corrected chi connectivity index (χ0v) is 29.1. The van der Waals surface area contributed by atoms with E-state index in [1.807, 2.05) is 111 Å². The average molecular weight is 651 g/mol. The number of aliphatic imine (C=N–C) groups is 2. The highest BCUT2D eigenvalue weighted by Crippen LogP contribution is 2.38. The Kier molecular flexibility index (Phi) is 10.5. The highest BCUT2D eigenvalue weighted by Gasteiger charge is 2.35. The Morgan fingerprint density at radius 1 is 0.735 bits per heavy atom. The van der Waals surface area contributed by atoms with Crippen LogP contribution in [0.2, 0.25) is 0 Å². The van der Waals surface area contributed by atoms with Gasteiger partial charge in [0, 0.05) is 11.3 Å². The van der Waals surface area contributed by atoms with Gasteiger partial charge in [-0.2, -0.15) is 0 Å². The van der Waals surface area contributed by atoms with Crippen LogP contribution in [-0.4, -0.2) is 23.5 Å². The topological polar surface area (TPSA) is 75.1 Å². The second kappa shape index (κ2) is 15.3. The maximum atomic E-state index is 14.7. The second-order valence-electron chi connectivity index (χ2n) is 13.6. The number of esters is 1. The van der Waals surface area contributed by atoms with Crippen LogP contribution < -0.4 is 10.6 Å². The first-order valence-corrected chi connectivity index (χ1v) is 17.4. The van der Waals surface area contributed by atoms with Gasteiger partial charge in [0.25, 0.3) is 0 Å². The van der Waals surface area contributed by atoms with Gasteiger partial charge in [-0.15, -0.1) is 0 Å². The van der Waals surface area contributed by atoms with Gasteiger partial charge in [0.2, 0.25) is 0 Å². The third-order valence-electron chi connectivity index (χ3n) is 9.45. The highest BCUT2D eigenvalue weighted by atomic mass is 16.5. The fourth-order valence-corrected chi connectivity index (χ4v) is 6.86. The van der Waals surface area contributed by atoms with Crippen molar-refractivity contribution in [2.75, 3.05) is 10.6 Å². The molecule has 6 rings (SSSR count). The van der Waals surface area contributed by atoms with E-state index in [4.69, 9.17) is 14.7 Å². The molecule has 6 heteroatoms. The molecule has 1 saturated carbocycles. The average Bonchev–Trinajstić information content (AvgIpc) is 3.09. The summed E-state index contributed by atoms with van der Waals surface area (Å²) in [4.78, 5) is 25.1. The first-order valence-electron chi connectivity index (χ1n) is 17.4. The predicted octanol–water partition coefficient (Wildman–Crippen LogP) is 10.8. The third-order valence-corrected chi connectivity index (χ3v) is 9.45. The van der Waals surface area contributed by atoms with Crippen LogP contribution in [0, 0.1) is 17.8 Å². The maximum Gasteiger partial charge on any atom is 0.342 e. The number of hydrogen-bond acceptors (Lipinski definition) is 6. The van der Waals surface area contributed by atoms with Gasteiger partial charge in [0.05, 0.1) is 39.9 Å². The molecule has 0 saturated heterocycles. The molecule has 1 fully saturated rings. The molecule has 3 atom stereocenters. The molecular weight excluding hydrogens is 604 g/mol. The van der Waals surface area contributed by atoms with E-state index in [9.17, 15) is 4.79 Å². The molecular formula is C43H46N4O2. The number of carbonyl (C=O) groups is 1. The lowest BCUT2D eigenvalue weighted by Crippen LogP contribution is -2.37. The molecule has 0 radical (unpaired) electrons. The van der Waals surface area contributed by atoms with E-state index >= 15 is 0 Å². The lowest BCUT2D eigenvalue weighted by Gasteiger charge is -2.37. The SMILES string of the molecule is CC1=Nc2ccccc2N/C(C)=C/C(c2ccccc2)=Nc2ccccc2N/C(c2ccccc2)=C/1C(=O)O[C@@H]1C[C@H](C)CC[C@H]1C(C)C. The Morgan fingerprint density at radius 3 is 1.96 bits per heavy atom. The number of benzene rings is 4. The molecule has 2 N–H and O–H groups in total. The van der Waals surface area contributed by atoms with Crippen molar-refractivity contribution in [3.05, 3.63) is 138 Å². The van der Waals surface area contributed by atoms with Crippen LogP contribution in [0.15, 0.2) is 137 Å². The van der Waals surface area contributed by atoms with Crippen molar-refractivity contribution in [2.45, 2.75) is 60.0 Å². The fraction of sp³-hybridized carbons (Fsp3) is 0.279. The van der Waals surface area contributed by atoms with E-state index in [2.05, 4.69) is 49.6 Å². The van der Waals surface area contributed by atoms with E-state index in [1.54, 1.807) is 0 Å². The minimum atomic E-state index is -0.378. The third kappa shape index (κ3) is 8.09. The van der Waals surface area contributed by atoms with E-state index < -0.39 is 0 Å². The van der Waals surface area contributed by atoms with Crippen molar-refractivity contribution in [1.29, 1.82) is 0 Å². The Morgan fingerprint density at radius 2 is 1.31 bits per heavy atom. The molecule has 0 unspecified atom stereocenters. The van der Waals surface area contributed by atoms with Crippen LogP contribution in [0.4, 0.5) is 22.7 Å². The summed E-state index contributed by atoms with van der Waals surface area (Å²) >= 11 is 0. The molecule has 2 aliphatic rings. The van der Waals surface area contributed by atoms with Crippen LogP contribution in [-0.2, 0) is 9.53 Å². The molecule has 1 aliphatic carbocycles. The summed E-state index contributed by atoms with van der Waals surface area (Å²) in [5.41, 5.74) is 8.13. The second-order valence-corrected chi connectivity index (χ2v) is 13.6. The number of fused-ring (bicyclic) bond motifs is 2. The molecule has 1 aliphatic heterocycles. The minimum Gasteiger partial charge on any atom is -0.458 e. The number of ether oxygens (including phenoxy) is 1. The largest absolute Gasteiger partial charge is 0.458 e. The lowest BCUT2D eigenvalue weighted by atomic mass is 9.75. The van der Waals surface area contributed by atoms with Gasteiger partial charge in [-0.05, 0) is 80.3 Å². The monoisotopic (exact) mass is 650 g/mol. The summed E-state index contributed by atoms with van der Waals surface area (Å²) in [6.45, 7) is 10.6. The van der Waals surface area contributed by atoms with Gasteiger partial charge in [0.15, 0.2) is 0 Å². The quantitative estimate of drug-likeness (QED) is 0.211. The smallest absolute Gasteiger partial charge is 0.342 e. The number of hydrogen-bond donors (Lipinski definition) is 2. The first kappa shape index (κ1) is 33.7. The summed E-state index contributed by atoms with van der Waals surface area (Å²) in [6, 6.07) is 35.9. The summed E-state index contributed by atoms with van der Waals surface area (Å²) in [7, 11) is 0. The predicted molar refractivity (Wildman–Crippen MR) is 204 cm³/mol. The van der Waals surface area contributed by atoms with Crippen LogP contribution >= 0.6 is 0 Å². The zero-order chi connectivity index (χ0) is 34.3. The van der Waals surface area contributed by atoms with Gasteiger partial charge >= 0.3 is 5.97 Å². The van der Waals surface area contributed by atoms with Crippen LogP contribution in [0.5, 0.6) is 0 Å². The number of anilines is 2. The van der Waals surface area contributed by atoms with Crippen molar-refractivity contribution in [2.24, 2.45) is 27.7 Å². The number of nitrogens with zero attached hydrogens (tertiary/aromatic N) is 2. The van der Waals surface area contributed by atoms with Crippen LogP contribution in [0.3, 0.4) is 0 Å². The normalized spacial score (nSPS) is 22.5.